The molecule has 0 unspecified atom stereocenters. The Morgan fingerprint density at radius 1 is 0.797 bits per heavy atom. The van der Waals surface area contributed by atoms with Gasteiger partial charge in [-0.05, 0) is 64.3 Å². The van der Waals surface area contributed by atoms with Crippen LogP contribution < -0.4 is 49.1 Å². The largest absolute Gasteiger partial charge is 0.481 e. The first-order valence-electron chi connectivity index (χ1n) is 21.1. The summed E-state index contributed by atoms with van der Waals surface area (Å²) in [6.45, 7) is 4.12. The standard InChI is InChI=1S/C39H64N12O13/c1-4-20(2)31(42)37(61)45-21(3)32(56)46-24(10-12-29(41)53)34(58)47-23(8-5-6-14-40)33(57)50-27(18-52)35(59)48-25(11-13-30(54)55)38(62)51-15-7-9-28(51)36(60)49-26(39(63)64)16-22-17-43-19-44-22/h17,19-21,23-28,31,52H,4-16,18,40,42H2,1-3H3,(H2,41,53)(H,43,44)(H,45,61)(H,46,56)(H,47,58)(H,48,59)(H,49,60)(H,50,57)(H,54,55)(H,63,64)/t20-,21-,23-,24-,25-,26-,27-,28-,31-/m0/s1. The van der Waals surface area contributed by atoms with Crippen LogP contribution >= 0.6 is 0 Å². The van der Waals surface area contributed by atoms with Crippen LogP contribution in [-0.4, -0.2) is 157 Å². The van der Waals surface area contributed by atoms with Crippen molar-refractivity contribution in [2.45, 2.75) is 140 Å². The summed E-state index contributed by atoms with van der Waals surface area (Å²) in [5, 5.41) is 43.9. The average molecular weight is 909 g/mol. The number of aliphatic hydroxyl groups excluding tert-OH is 1. The molecule has 0 spiro atoms. The maximum absolute atomic E-state index is 13.9. The lowest BCUT2D eigenvalue weighted by Crippen LogP contribution is -2.60. The second kappa shape index (κ2) is 27.1. The molecule has 1 aliphatic heterocycles. The van der Waals surface area contributed by atoms with Crippen LogP contribution in [0.5, 0.6) is 0 Å². The van der Waals surface area contributed by atoms with Crippen LogP contribution in [0, 0.1) is 5.92 Å². The molecule has 2 rings (SSSR count). The fourth-order valence-corrected chi connectivity index (χ4v) is 6.62. The number of hydrogen-bond donors (Lipinski definition) is 13. The molecule has 0 saturated carbocycles. The number of unbranched alkanes of at least 4 members (excludes halogenated alkanes) is 1. The van der Waals surface area contributed by atoms with E-state index in [2.05, 4.69) is 41.9 Å². The third-order valence-corrected chi connectivity index (χ3v) is 10.7. The Morgan fingerprint density at radius 3 is 1.95 bits per heavy atom. The molecule has 1 fully saturated rings. The highest BCUT2D eigenvalue weighted by atomic mass is 16.4. The maximum Gasteiger partial charge on any atom is 0.326 e. The van der Waals surface area contributed by atoms with Crippen LogP contribution in [0.15, 0.2) is 12.5 Å². The Morgan fingerprint density at radius 2 is 1.39 bits per heavy atom. The summed E-state index contributed by atoms with van der Waals surface area (Å²) in [7, 11) is 0. The number of amides is 8. The molecule has 0 aliphatic carbocycles. The molecule has 1 aromatic rings. The van der Waals surface area contributed by atoms with Crippen molar-refractivity contribution in [3.63, 3.8) is 0 Å². The first-order chi connectivity index (χ1) is 30.2. The number of imidazole rings is 1. The van der Waals surface area contributed by atoms with Gasteiger partial charge >= 0.3 is 11.9 Å². The lowest BCUT2D eigenvalue weighted by molar-refractivity contribution is -0.145. The summed E-state index contributed by atoms with van der Waals surface area (Å²) in [5.41, 5.74) is 17.3. The summed E-state index contributed by atoms with van der Waals surface area (Å²) in [5.74, 6) is -9.87. The number of aromatic amines is 1. The second-order valence-electron chi connectivity index (χ2n) is 15.7. The van der Waals surface area contributed by atoms with Gasteiger partial charge in [-0.2, -0.15) is 0 Å². The predicted molar refractivity (Wildman–Crippen MR) is 225 cm³/mol. The van der Waals surface area contributed by atoms with E-state index >= 15 is 0 Å². The highest BCUT2D eigenvalue weighted by Gasteiger charge is 2.40. The van der Waals surface area contributed by atoms with Crippen LogP contribution in [0.1, 0.15) is 90.7 Å². The van der Waals surface area contributed by atoms with Gasteiger partial charge in [-0.1, -0.05) is 20.3 Å². The van der Waals surface area contributed by atoms with E-state index in [4.69, 9.17) is 17.2 Å². The number of aliphatic hydroxyl groups is 1. The highest BCUT2D eigenvalue weighted by molar-refractivity contribution is 5.98. The molecule has 8 amide bonds. The molecule has 358 valence electrons. The number of likely N-dealkylation sites (tertiary alicyclic amines) is 1. The molecule has 0 radical (unpaired) electrons. The van der Waals surface area contributed by atoms with Crippen LogP contribution in [0.25, 0.3) is 0 Å². The van der Waals surface area contributed by atoms with Gasteiger partial charge in [0.15, 0.2) is 0 Å². The molecule has 1 aliphatic rings. The van der Waals surface area contributed by atoms with Crippen molar-refractivity contribution in [3.8, 4) is 0 Å². The number of nitrogens with zero attached hydrogens (tertiary/aromatic N) is 2. The van der Waals surface area contributed by atoms with Gasteiger partial charge in [0.1, 0.15) is 42.3 Å². The van der Waals surface area contributed by atoms with Gasteiger partial charge < -0.3 is 74.3 Å². The molecule has 1 saturated heterocycles. The molecule has 0 bridgehead atoms. The zero-order valence-electron chi connectivity index (χ0n) is 36.3. The maximum atomic E-state index is 13.9. The lowest BCUT2D eigenvalue weighted by atomic mass is 9.99. The molecule has 64 heavy (non-hydrogen) atoms. The van der Waals surface area contributed by atoms with Crippen molar-refractivity contribution in [1.29, 1.82) is 0 Å². The fraction of sp³-hybridized carbons (Fsp3) is 0.667. The first-order valence-corrected chi connectivity index (χ1v) is 21.1. The first kappa shape index (κ1) is 53.9. The molecule has 9 atom stereocenters. The number of carbonyl (C=O) groups excluding carboxylic acids is 8. The van der Waals surface area contributed by atoms with E-state index in [0.29, 0.717) is 25.0 Å². The van der Waals surface area contributed by atoms with E-state index in [1.165, 1.54) is 19.4 Å². The minimum Gasteiger partial charge on any atom is -0.481 e. The van der Waals surface area contributed by atoms with Crippen molar-refractivity contribution in [1.82, 2.24) is 46.8 Å². The van der Waals surface area contributed by atoms with Crippen molar-refractivity contribution < 1.29 is 63.3 Å². The molecule has 25 heteroatoms. The number of nitrogens with one attached hydrogen (secondary N) is 7. The number of carboxylic acids is 2. The Bertz CT molecular complexity index is 1780. The number of H-pyrrole nitrogens is 1. The van der Waals surface area contributed by atoms with E-state index in [-0.39, 0.29) is 57.5 Å². The Balaban J connectivity index is 2.26. The smallest absolute Gasteiger partial charge is 0.326 e. The van der Waals surface area contributed by atoms with E-state index in [1.807, 2.05) is 6.92 Å². The summed E-state index contributed by atoms with van der Waals surface area (Å²) >= 11 is 0. The lowest BCUT2D eigenvalue weighted by Gasteiger charge is -2.30. The third kappa shape index (κ3) is 17.5. The minimum absolute atomic E-state index is 0.000169. The van der Waals surface area contributed by atoms with Crippen LogP contribution in [0.3, 0.4) is 0 Å². The van der Waals surface area contributed by atoms with Crippen molar-refractivity contribution in [3.05, 3.63) is 18.2 Å². The number of aliphatic carboxylic acids is 2. The number of nitrogens with two attached hydrogens (primary N) is 3. The molecule has 0 aromatic carbocycles. The highest BCUT2D eigenvalue weighted by Crippen LogP contribution is 2.20. The number of primary amides is 1. The normalized spacial score (nSPS) is 17.2. The van der Waals surface area contributed by atoms with Gasteiger partial charge in [-0.3, -0.25) is 43.2 Å². The average Bonchev–Trinajstić information content (AvgIpc) is 3.97. The SMILES string of the molecule is CC[C@H](C)[C@H](N)C(=O)N[C@@H](C)C(=O)N[C@@H](CCC(N)=O)C(=O)N[C@@H](CCCCN)C(=O)N[C@@H](CO)C(=O)N[C@@H](CCC(=O)O)C(=O)N1CCC[C@H]1C(=O)N[C@@H](Cc1cnc[nH]1)C(=O)O. The Kier molecular flexibility index (Phi) is 22.8. The molecule has 2 heterocycles. The third-order valence-electron chi connectivity index (χ3n) is 10.7. The van der Waals surface area contributed by atoms with Gasteiger partial charge in [0.25, 0.3) is 0 Å². The van der Waals surface area contributed by atoms with Crippen LogP contribution in [0.4, 0.5) is 0 Å². The summed E-state index contributed by atoms with van der Waals surface area (Å²) in [4.78, 5) is 137. The van der Waals surface area contributed by atoms with E-state index in [9.17, 15) is 63.3 Å². The van der Waals surface area contributed by atoms with Gasteiger partial charge in [-0.25, -0.2) is 9.78 Å². The molecule has 1 aromatic heterocycles. The second-order valence-corrected chi connectivity index (χ2v) is 15.7. The van der Waals surface area contributed by atoms with Crippen molar-refractivity contribution in [2.24, 2.45) is 23.1 Å². The minimum atomic E-state index is -1.77. The summed E-state index contributed by atoms with van der Waals surface area (Å²) < 4.78 is 0. The van der Waals surface area contributed by atoms with Crippen LogP contribution in [0.2, 0.25) is 0 Å². The van der Waals surface area contributed by atoms with Crippen LogP contribution in [-0.2, 0) is 54.4 Å². The van der Waals surface area contributed by atoms with Gasteiger partial charge in [0, 0.05) is 37.7 Å². The monoisotopic (exact) mass is 908 g/mol. The Hall–Kier alpha value is -6.21. The molecule has 16 N–H and O–H groups in total. The van der Waals surface area contributed by atoms with E-state index in [1.54, 1.807) is 6.92 Å². The zero-order chi connectivity index (χ0) is 48.1. The van der Waals surface area contributed by atoms with Crippen molar-refractivity contribution >= 4 is 59.2 Å². The van der Waals surface area contributed by atoms with Gasteiger partial charge in [0.05, 0.1) is 19.0 Å². The molecular weight excluding hydrogens is 844 g/mol. The van der Waals surface area contributed by atoms with E-state index < -0.39 is 127 Å². The number of carbonyl (C=O) groups is 10. The number of rotatable bonds is 29. The molecule has 25 nitrogen and oxygen atoms in total. The Labute approximate surface area is 369 Å². The molecular formula is C39H64N12O13. The topological polar surface area (TPSA) is 414 Å². The number of carboxylic acid groups (broad SMARTS) is 2. The van der Waals surface area contributed by atoms with E-state index in [0.717, 1.165) is 4.90 Å². The van der Waals surface area contributed by atoms with Crippen molar-refractivity contribution in [2.75, 3.05) is 19.7 Å². The summed E-state index contributed by atoms with van der Waals surface area (Å²) in [6, 6.07) is -10.9. The fourth-order valence-electron chi connectivity index (χ4n) is 6.62. The van der Waals surface area contributed by atoms with Gasteiger partial charge in [0.2, 0.25) is 47.3 Å². The quantitative estimate of drug-likeness (QED) is 0.0338. The number of hydrogen-bond acceptors (Lipinski definition) is 14. The predicted octanol–water partition coefficient (Wildman–Crippen LogP) is -4.42. The zero-order valence-corrected chi connectivity index (χ0v) is 36.3. The van der Waals surface area contributed by atoms with Gasteiger partial charge in [-0.15, -0.1) is 0 Å². The number of aromatic nitrogens is 2. The summed E-state index contributed by atoms with van der Waals surface area (Å²) in [6.07, 6.45) is 2.43.